The Morgan fingerprint density at radius 2 is 1.12 bits per heavy atom. The largest absolute Gasteiger partial charge is 2.00 e. The molecule has 0 heterocycles. The maximum absolute atomic E-state index is 8.74. The zero-order valence-electron chi connectivity index (χ0n) is 5.83. The van der Waals surface area contributed by atoms with Gasteiger partial charge in [-0.25, -0.2) is 0 Å². The van der Waals surface area contributed by atoms with E-state index in [-0.39, 0.29) is 52.9 Å². The SMILES string of the molecule is O=S(=O)(O)O.S.S.[H-].[H-].[Mg+2]. The van der Waals surface area contributed by atoms with Gasteiger partial charge in [-0.2, -0.15) is 35.4 Å². The van der Waals surface area contributed by atoms with Crippen LogP contribution in [0.2, 0.25) is 0 Å². The van der Waals surface area contributed by atoms with Gasteiger partial charge in [0.05, 0.1) is 0 Å². The normalized spacial score (nSPS) is 7.25. The molecule has 0 saturated heterocycles. The summed E-state index contributed by atoms with van der Waals surface area (Å²) in [5.41, 5.74) is 0. The van der Waals surface area contributed by atoms with Crippen LogP contribution in [0.15, 0.2) is 0 Å². The van der Waals surface area contributed by atoms with E-state index < -0.39 is 10.4 Å². The van der Waals surface area contributed by atoms with Crippen LogP contribution in [-0.4, -0.2) is 40.6 Å². The Labute approximate surface area is 80.6 Å². The number of rotatable bonds is 0. The molecule has 4 nitrogen and oxygen atoms in total. The molecule has 0 bridgehead atoms. The fraction of sp³-hybridized carbons (Fsp3) is 0. The molecule has 0 unspecified atom stereocenters. The Bertz CT molecular complexity index is 102. The minimum absolute atomic E-state index is 0. The molecular formula is H8MgO4S3. The fourth-order valence-electron chi connectivity index (χ4n) is 0. The van der Waals surface area contributed by atoms with Gasteiger partial charge in [-0.15, -0.1) is 0 Å². The average molecular weight is 193 g/mol. The van der Waals surface area contributed by atoms with Gasteiger partial charge < -0.3 is 2.85 Å². The molecule has 0 atom stereocenters. The monoisotopic (exact) mass is 192 g/mol. The zero-order valence-corrected chi connectivity index (χ0v) is 8.06. The minimum Gasteiger partial charge on any atom is -1.00 e. The first kappa shape index (κ1) is 22.8. The van der Waals surface area contributed by atoms with E-state index in [1.165, 1.54) is 0 Å². The molecule has 52 valence electrons. The number of hydrogen-bond acceptors (Lipinski definition) is 2. The molecule has 8 heavy (non-hydrogen) atoms. The summed E-state index contributed by atoms with van der Waals surface area (Å²) in [6.45, 7) is 0. The second kappa shape index (κ2) is 8.34. The Kier molecular flexibility index (Phi) is 23.7. The topological polar surface area (TPSA) is 74.6 Å². The Hall–Kier alpha value is 1.34. The molecule has 0 rings (SSSR count). The van der Waals surface area contributed by atoms with Gasteiger partial charge in [0.1, 0.15) is 0 Å². The van der Waals surface area contributed by atoms with Crippen molar-refractivity contribution >= 4 is 60.4 Å². The van der Waals surface area contributed by atoms with Crippen molar-refractivity contribution in [2.24, 2.45) is 0 Å². The molecule has 0 aliphatic heterocycles. The summed E-state index contributed by atoms with van der Waals surface area (Å²) in [4.78, 5) is 0. The molecule has 0 amide bonds. The first-order valence-corrected chi connectivity index (χ1v) is 2.10. The van der Waals surface area contributed by atoms with Crippen LogP contribution in [0.1, 0.15) is 2.85 Å². The first-order valence-electron chi connectivity index (χ1n) is 0.698. The van der Waals surface area contributed by atoms with Crippen molar-refractivity contribution in [3.8, 4) is 0 Å². The Balaban J connectivity index is -0.00000000800. The van der Waals surface area contributed by atoms with Crippen LogP contribution in [-0.2, 0) is 10.4 Å². The van der Waals surface area contributed by atoms with E-state index in [4.69, 9.17) is 17.5 Å². The van der Waals surface area contributed by atoms with Crippen molar-refractivity contribution < 1.29 is 20.4 Å². The average Bonchev–Trinajstić information content (AvgIpc) is 0.722. The maximum atomic E-state index is 8.74. The van der Waals surface area contributed by atoms with Crippen LogP contribution in [0.5, 0.6) is 0 Å². The van der Waals surface area contributed by atoms with Crippen molar-refractivity contribution in [2.45, 2.75) is 0 Å². The molecule has 8 heteroatoms. The van der Waals surface area contributed by atoms with E-state index in [1.54, 1.807) is 0 Å². The summed E-state index contributed by atoms with van der Waals surface area (Å²) in [5.74, 6) is 0. The molecule has 0 aromatic heterocycles. The predicted octanol–water partition coefficient (Wildman–Crippen LogP) is -0.583. The van der Waals surface area contributed by atoms with Gasteiger partial charge in [-0.05, 0) is 0 Å². The fourth-order valence-corrected chi connectivity index (χ4v) is 0. The molecule has 0 aliphatic rings. The van der Waals surface area contributed by atoms with Gasteiger partial charge in [0.25, 0.3) is 0 Å². The standard InChI is InChI=1S/Mg.H2O4S.2H2S.2H/c;1-5(2,3)4;;;;/h;(H2,1,2,3,4);2*1H2;;/q+2;;;;2*-1. The van der Waals surface area contributed by atoms with Crippen molar-refractivity contribution in [3.05, 3.63) is 0 Å². The van der Waals surface area contributed by atoms with E-state index in [1.807, 2.05) is 0 Å². The molecule has 0 spiro atoms. The molecule has 0 radical (unpaired) electrons. The third-order valence-electron chi connectivity index (χ3n) is 0. The third kappa shape index (κ3) is 165. The van der Waals surface area contributed by atoms with E-state index in [0.717, 1.165) is 0 Å². The predicted molar refractivity (Wildman–Crippen MR) is 42.9 cm³/mol. The van der Waals surface area contributed by atoms with E-state index in [9.17, 15) is 0 Å². The zero-order chi connectivity index (χ0) is 4.50. The van der Waals surface area contributed by atoms with Crippen LogP contribution in [0.3, 0.4) is 0 Å². The van der Waals surface area contributed by atoms with Crippen molar-refractivity contribution in [1.82, 2.24) is 0 Å². The molecule has 0 aromatic rings. The van der Waals surface area contributed by atoms with E-state index in [0.29, 0.717) is 0 Å². The second-order valence-electron chi connectivity index (χ2n) is 0.448. The summed E-state index contributed by atoms with van der Waals surface area (Å²) in [6.07, 6.45) is 0. The van der Waals surface area contributed by atoms with Crippen LogP contribution >= 0.6 is 27.0 Å². The number of hydrogen-bond donors (Lipinski definition) is 2. The molecule has 0 fully saturated rings. The summed E-state index contributed by atoms with van der Waals surface area (Å²) in [5, 5.41) is 0. The molecule has 2 N–H and O–H groups in total. The van der Waals surface area contributed by atoms with Crippen molar-refractivity contribution in [1.29, 1.82) is 0 Å². The smallest absolute Gasteiger partial charge is 1.00 e. The van der Waals surface area contributed by atoms with Gasteiger partial charge in [-0.1, -0.05) is 0 Å². The van der Waals surface area contributed by atoms with Gasteiger partial charge in [0.15, 0.2) is 0 Å². The molecule has 0 aromatic carbocycles. The Morgan fingerprint density at radius 3 is 1.12 bits per heavy atom. The summed E-state index contributed by atoms with van der Waals surface area (Å²) < 4.78 is 31.6. The summed E-state index contributed by atoms with van der Waals surface area (Å²) in [7, 11) is -4.67. The van der Waals surface area contributed by atoms with Gasteiger partial charge in [0.2, 0.25) is 0 Å². The maximum Gasteiger partial charge on any atom is 2.00 e. The second-order valence-corrected chi connectivity index (χ2v) is 1.34. The van der Waals surface area contributed by atoms with Gasteiger partial charge in [0, 0.05) is 0 Å². The Morgan fingerprint density at radius 1 is 1.12 bits per heavy atom. The van der Waals surface area contributed by atoms with Crippen molar-refractivity contribution in [2.75, 3.05) is 0 Å². The quantitative estimate of drug-likeness (QED) is 0.398. The minimum atomic E-state index is -4.67. The van der Waals surface area contributed by atoms with Crippen molar-refractivity contribution in [3.63, 3.8) is 0 Å². The van der Waals surface area contributed by atoms with Gasteiger partial charge in [-0.3, -0.25) is 9.11 Å². The molecule has 0 saturated carbocycles. The molecular weight excluding hydrogens is 185 g/mol. The van der Waals surface area contributed by atoms with Gasteiger partial charge >= 0.3 is 33.5 Å². The van der Waals surface area contributed by atoms with Crippen LogP contribution < -0.4 is 0 Å². The summed E-state index contributed by atoms with van der Waals surface area (Å²) in [6, 6.07) is 0. The van der Waals surface area contributed by atoms with Crippen LogP contribution in [0.4, 0.5) is 0 Å². The van der Waals surface area contributed by atoms with E-state index in [2.05, 4.69) is 0 Å². The summed E-state index contributed by atoms with van der Waals surface area (Å²) >= 11 is 0. The molecule has 0 aliphatic carbocycles. The first-order chi connectivity index (χ1) is 2.00. The van der Waals surface area contributed by atoms with Crippen LogP contribution in [0.25, 0.3) is 0 Å². The van der Waals surface area contributed by atoms with E-state index >= 15 is 0 Å². The third-order valence-corrected chi connectivity index (χ3v) is 0. The van der Waals surface area contributed by atoms with Crippen LogP contribution in [0, 0.1) is 0 Å².